The molecule has 1 aromatic heterocycles. The summed E-state index contributed by atoms with van der Waals surface area (Å²) in [5.41, 5.74) is 0.556. The third-order valence-electron chi connectivity index (χ3n) is 3.47. The summed E-state index contributed by atoms with van der Waals surface area (Å²) in [6.07, 6.45) is 4.07. The molecule has 6 heteroatoms. The zero-order valence-corrected chi connectivity index (χ0v) is 12.6. The molecule has 1 fully saturated rings. The van der Waals surface area contributed by atoms with Crippen LogP contribution in [0.15, 0.2) is 12.3 Å². The maximum absolute atomic E-state index is 12.3. The third kappa shape index (κ3) is 3.70. The summed E-state index contributed by atoms with van der Waals surface area (Å²) >= 11 is 0. The fourth-order valence-corrected chi connectivity index (χ4v) is 2.30. The Balaban J connectivity index is 0.00000180. The number of carbonyl (C=O) groups excluding carboxylic acids is 1. The predicted octanol–water partition coefficient (Wildman–Crippen LogP) is 1.71. The van der Waals surface area contributed by atoms with Crippen LogP contribution in [0.25, 0.3) is 0 Å². The molecule has 0 saturated carbocycles. The van der Waals surface area contributed by atoms with E-state index in [4.69, 9.17) is 0 Å². The van der Waals surface area contributed by atoms with E-state index in [2.05, 4.69) is 24.3 Å². The predicted molar refractivity (Wildman–Crippen MR) is 77.8 cm³/mol. The summed E-state index contributed by atoms with van der Waals surface area (Å²) in [7, 11) is 1.95. The normalized spacial score (nSPS) is 19.4. The lowest BCUT2D eigenvalue weighted by atomic mass is 10.1. The van der Waals surface area contributed by atoms with Crippen LogP contribution in [-0.4, -0.2) is 46.8 Å². The van der Waals surface area contributed by atoms with Crippen LogP contribution in [0.5, 0.6) is 0 Å². The molecule has 0 radical (unpaired) electrons. The molecule has 108 valence electrons. The number of aromatic nitrogens is 2. The lowest BCUT2D eigenvalue weighted by molar-refractivity contribution is 0.0691. The number of rotatable bonds is 3. The van der Waals surface area contributed by atoms with E-state index < -0.39 is 0 Å². The third-order valence-corrected chi connectivity index (χ3v) is 3.47. The molecule has 1 aliphatic rings. The zero-order chi connectivity index (χ0) is 13.1. The first-order chi connectivity index (χ1) is 8.61. The van der Waals surface area contributed by atoms with E-state index in [0.717, 1.165) is 25.9 Å². The van der Waals surface area contributed by atoms with Crippen molar-refractivity contribution in [1.82, 2.24) is 20.0 Å². The average molecular weight is 287 g/mol. The average Bonchev–Trinajstić information content (AvgIpc) is 2.87. The summed E-state index contributed by atoms with van der Waals surface area (Å²) < 4.78 is 1.83. The minimum absolute atomic E-state index is 0. The zero-order valence-electron chi connectivity index (χ0n) is 11.8. The van der Waals surface area contributed by atoms with E-state index in [9.17, 15) is 4.79 Å². The summed E-state index contributed by atoms with van der Waals surface area (Å²) in [4.78, 5) is 14.2. The van der Waals surface area contributed by atoms with Crippen LogP contribution in [0.1, 0.15) is 43.2 Å². The Morgan fingerprint density at radius 2 is 2.26 bits per heavy atom. The molecule has 2 heterocycles. The van der Waals surface area contributed by atoms with Gasteiger partial charge in [0, 0.05) is 31.4 Å². The van der Waals surface area contributed by atoms with Crippen LogP contribution in [0, 0.1) is 0 Å². The van der Waals surface area contributed by atoms with Crippen molar-refractivity contribution < 1.29 is 4.79 Å². The second-order valence-corrected chi connectivity index (χ2v) is 5.15. The number of piperidine rings is 1. The fourth-order valence-electron chi connectivity index (χ4n) is 2.30. The molecule has 1 amide bonds. The highest BCUT2D eigenvalue weighted by atomic mass is 35.5. The number of carbonyl (C=O) groups is 1. The molecule has 1 saturated heterocycles. The smallest absolute Gasteiger partial charge is 0.274 e. The highest BCUT2D eigenvalue weighted by Crippen LogP contribution is 2.13. The first-order valence-corrected chi connectivity index (χ1v) is 6.63. The van der Waals surface area contributed by atoms with Crippen molar-refractivity contribution in [2.75, 3.05) is 20.1 Å². The van der Waals surface area contributed by atoms with Crippen LogP contribution < -0.4 is 5.32 Å². The van der Waals surface area contributed by atoms with Gasteiger partial charge in [-0.1, -0.05) is 0 Å². The Morgan fingerprint density at radius 3 is 2.84 bits per heavy atom. The van der Waals surface area contributed by atoms with Gasteiger partial charge in [-0.05, 0) is 39.8 Å². The number of halogens is 1. The number of likely N-dealkylation sites (tertiary alicyclic amines) is 1. The maximum Gasteiger partial charge on any atom is 0.274 e. The first kappa shape index (κ1) is 16.0. The van der Waals surface area contributed by atoms with Crippen molar-refractivity contribution >= 4 is 18.3 Å². The second-order valence-electron chi connectivity index (χ2n) is 5.15. The van der Waals surface area contributed by atoms with E-state index in [1.165, 1.54) is 0 Å². The maximum atomic E-state index is 12.3. The Hall–Kier alpha value is -1.07. The molecule has 0 spiro atoms. The number of nitrogens with one attached hydrogen (secondary N) is 1. The largest absolute Gasteiger partial charge is 0.336 e. The van der Waals surface area contributed by atoms with Gasteiger partial charge < -0.3 is 10.2 Å². The number of hydrogen-bond acceptors (Lipinski definition) is 3. The minimum Gasteiger partial charge on any atom is -0.336 e. The van der Waals surface area contributed by atoms with E-state index in [1.807, 2.05) is 28.9 Å². The van der Waals surface area contributed by atoms with Gasteiger partial charge in [0.1, 0.15) is 5.69 Å². The molecule has 1 aromatic rings. The molecule has 1 aliphatic heterocycles. The summed E-state index contributed by atoms with van der Waals surface area (Å²) in [6, 6.07) is 2.51. The van der Waals surface area contributed by atoms with Crippen molar-refractivity contribution in [1.29, 1.82) is 0 Å². The molecule has 5 nitrogen and oxygen atoms in total. The van der Waals surface area contributed by atoms with E-state index in [0.29, 0.717) is 11.7 Å². The number of hydrogen-bond donors (Lipinski definition) is 1. The highest BCUT2D eigenvalue weighted by molar-refractivity contribution is 5.92. The van der Waals surface area contributed by atoms with Gasteiger partial charge in [-0.25, -0.2) is 0 Å². The Labute approximate surface area is 120 Å². The molecule has 0 bridgehead atoms. The van der Waals surface area contributed by atoms with Gasteiger partial charge in [-0.2, -0.15) is 5.10 Å². The molecule has 19 heavy (non-hydrogen) atoms. The van der Waals surface area contributed by atoms with Gasteiger partial charge >= 0.3 is 0 Å². The SMILES string of the molecule is CNC1CCCN(C(=O)c2ccn(C(C)C)n2)C1.Cl. The van der Waals surface area contributed by atoms with Gasteiger partial charge in [0.25, 0.3) is 5.91 Å². The lowest BCUT2D eigenvalue weighted by Crippen LogP contribution is -2.47. The van der Waals surface area contributed by atoms with Crippen LogP contribution >= 0.6 is 12.4 Å². The molecular weight excluding hydrogens is 264 g/mol. The number of amides is 1. The summed E-state index contributed by atoms with van der Waals surface area (Å²) in [6.45, 7) is 5.73. The topological polar surface area (TPSA) is 50.2 Å². The molecule has 2 rings (SSSR count). The van der Waals surface area contributed by atoms with Crippen molar-refractivity contribution in [3.05, 3.63) is 18.0 Å². The van der Waals surface area contributed by atoms with Crippen molar-refractivity contribution in [3.63, 3.8) is 0 Å². The lowest BCUT2D eigenvalue weighted by Gasteiger charge is -2.32. The Kier molecular flexibility index (Phi) is 5.82. The molecule has 0 aromatic carbocycles. The van der Waals surface area contributed by atoms with Gasteiger partial charge in [0.2, 0.25) is 0 Å². The molecule has 0 aliphatic carbocycles. The van der Waals surface area contributed by atoms with E-state index >= 15 is 0 Å². The highest BCUT2D eigenvalue weighted by Gasteiger charge is 2.24. The van der Waals surface area contributed by atoms with Gasteiger partial charge in [-0.3, -0.25) is 9.48 Å². The standard InChI is InChI=1S/C13H22N4O.ClH/c1-10(2)17-8-6-12(15-17)13(18)16-7-4-5-11(9-16)14-3;/h6,8,10-11,14H,4-5,7,9H2,1-3H3;1H. The number of nitrogens with zero attached hydrogens (tertiary/aromatic N) is 3. The molecule has 1 atom stereocenters. The monoisotopic (exact) mass is 286 g/mol. The number of likely N-dealkylation sites (N-methyl/N-ethyl adjacent to an activating group) is 1. The van der Waals surface area contributed by atoms with Crippen molar-refractivity contribution in [2.45, 2.75) is 38.8 Å². The van der Waals surface area contributed by atoms with Crippen molar-refractivity contribution in [3.8, 4) is 0 Å². The summed E-state index contributed by atoms with van der Waals surface area (Å²) in [5, 5.41) is 7.58. The first-order valence-electron chi connectivity index (χ1n) is 6.63. The molecule has 1 N–H and O–H groups in total. The second kappa shape index (κ2) is 6.91. The minimum atomic E-state index is 0. The fraction of sp³-hybridized carbons (Fsp3) is 0.692. The van der Waals surface area contributed by atoms with Crippen LogP contribution in [0.3, 0.4) is 0 Å². The summed E-state index contributed by atoms with van der Waals surface area (Å²) in [5.74, 6) is 0.0503. The van der Waals surface area contributed by atoms with Crippen LogP contribution in [0.2, 0.25) is 0 Å². The quantitative estimate of drug-likeness (QED) is 0.920. The van der Waals surface area contributed by atoms with E-state index in [-0.39, 0.29) is 24.4 Å². The van der Waals surface area contributed by atoms with Gasteiger partial charge in [-0.15, -0.1) is 12.4 Å². The van der Waals surface area contributed by atoms with Crippen LogP contribution in [-0.2, 0) is 0 Å². The van der Waals surface area contributed by atoms with Gasteiger partial charge in [0.05, 0.1) is 0 Å². The molecular formula is C13H23ClN4O. The van der Waals surface area contributed by atoms with Crippen molar-refractivity contribution in [2.24, 2.45) is 0 Å². The van der Waals surface area contributed by atoms with Crippen LogP contribution in [0.4, 0.5) is 0 Å². The Bertz CT molecular complexity index is 419. The van der Waals surface area contributed by atoms with Gasteiger partial charge in [0.15, 0.2) is 0 Å². The Morgan fingerprint density at radius 1 is 1.53 bits per heavy atom. The molecule has 1 unspecified atom stereocenters. The van der Waals surface area contributed by atoms with E-state index in [1.54, 1.807) is 0 Å².